The van der Waals surface area contributed by atoms with E-state index in [0.29, 0.717) is 40.6 Å². The highest BCUT2D eigenvalue weighted by molar-refractivity contribution is 7.99. The number of aromatic nitrogens is 5. The maximum Gasteiger partial charge on any atom is 0.233 e. The summed E-state index contributed by atoms with van der Waals surface area (Å²) in [4.78, 5) is 25.1. The summed E-state index contributed by atoms with van der Waals surface area (Å²) in [5, 5.41) is 9.58. The first-order chi connectivity index (χ1) is 15.1. The molecule has 1 amide bonds. The molecule has 11 heteroatoms. The van der Waals surface area contributed by atoms with Crippen LogP contribution in [-0.4, -0.2) is 67.5 Å². The average Bonchev–Trinajstić information content (AvgIpc) is 3.17. The largest absolute Gasteiger partial charge is 0.484 e. The number of carbonyl (C=O) groups excluding carboxylic acids is 1. The van der Waals surface area contributed by atoms with Crippen molar-refractivity contribution in [2.24, 2.45) is 7.05 Å². The SMILES string of the molecule is Cn1c(COc2ccccc2Cl)nnc1SCC(=O)N1CCN(c2cnccn2)CC1. The van der Waals surface area contributed by atoms with Gasteiger partial charge in [-0.25, -0.2) is 4.98 Å². The minimum Gasteiger partial charge on any atom is -0.484 e. The second-order valence-corrected chi connectivity index (χ2v) is 8.25. The van der Waals surface area contributed by atoms with Crippen molar-refractivity contribution in [3.8, 4) is 5.75 Å². The summed E-state index contributed by atoms with van der Waals surface area (Å²) in [5.74, 6) is 2.49. The summed E-state index contributed by atoms with van der Waals surface area (Å²) in [5.41, 5.74) is 0. The quantitative estimate of drug-likeness (QED) is 0.497. The van der Waals surface area contributed by atoms with Crippen LogP contribution in [0.1, 0.15) is 5.82 Å². The van der Waals surface area contributed by atoms with Crippen LogP contribution in [0.4, 0.5) is 5.82 Å². The van der Waals surface area contributed by atoms with Gasteiger partial charge in [-0.2, -0.15) is 0 Å². The maximum atomic E-state index is 12.6. The highest BCUT2D eigenvalue weighted by atomic mass is 35.5. The number of nitrogens with zero attached hydrogens (tertiary/aromatic N) is 7. The van der Waals surface area contributed by atoms with E-state index in [1.807, 2.05) is 28.6 Å². The number of hydrogen-bond acceptors (Lipinski definition) is 8. The first-order valence-corrected chi connectivity index (χ1v) is 11.2. The zero-order chi connectivity index (χ0) is 21.6. The van der Waals surface area contributed by atoms with Gasteiger partial charge in [-0.3, -0.25) is 9.78 Å². The van der Waals surface area contributed by atoms with Gasteiger partial charge in [0.15, 0.2) is 11.0 Å². The van der Waals surface area contributed by atoms with Crippen molar-refractivity contribution in [1.82, 2.24) is 29.6 Å². The third-order valence-electron chi connectivity index (χ3n) is 4.95. The molecule has 0 unspecified atom stereocenters. The number of piperazine rings is 1. The molecule has 1 fully saturated rings. The molecular formula is C20H22ClN7O2S. The minimum absolute atomic E-state index is 0.0839. The average molecular weight is 460 g/mol. The number of anilines is 1. The van der Waals surface area contributed by atoms with Crippen molar-refractivity contribution in [3.63, 3.8) is 0 Å². The normalized spacial score (nSPS) is 14.0. The van der Waals surface area contributed by atoms with Crippen LogP contribution in [0.2, 0.25) is 5.02 Å². The zero-order valence-corrected chi connectivity index (χ0v) is 18.6. The molecule has 0 N–H and O–H groups in total. The molecule has 0 radical (unpaired) electrons. The number of amides is 1. The first kappa shape index (κ1) is 21.4. The molecule has 9 nitrogen and oxygen atoms in total. The van der Waals surface area contributed by atoms with Crippen molar-refractivity contribution in [3.05, 3.63) is 53.7 Å². The van der Waals surface area contributed by atoms with Crippen LogP contribution in [0.5, 0.6) is 5.75 Å². The van der Waals surface area contributed by atoms with Crippen LogP contribution in [0.25, 0.3) is 0 Å². The Balaban J connectivity index is 1.26. The van der Waals surface area contributed by atoms with Crippen LogP contribution in [-0.2, 0) is 18.4 Å². The third kappa shape index (κ3) is 5.26. The lowest BCUT2D eigenvalue weighted by Crippen LogP contribution is -2.49. The van der Waals surface area contributed by atoms with Crippen LogP contribution in [0.15, 0.2) is 48.0 Å². The lowest BCUT2D eigenvalue weighted by Gasteiger charge is -2.35. The molecule has 4 rings (SSSR count). The first-order valence-electron chi connectivity index (χ1n) is 9.79. The van der Waals surface area contributed by atoms with Gasteiger partial charge in [0.2, 0.25) is 5.91 Å². The van der Waals surface area contributed by atoms with E-state index in [1.165, 1.54) is 11.8 Å². The number of hydrogen-bond donors (Lipinski definition) is 0. The van der Waals surface area contributed by atoms with Gasteiger partial charge in [0.25, 0.3) is 0 Å². The fourth-order valence-corrected chi connectivity index (χ4v) is 4.18. The van der Waals surface area contributed by atoms with E-state index in [1.54, 1.807) is 30.7 Å². The van der Waals surface area contributed by atoms with Crippen LogP contribution in [0.3, 0.4) is 0 Å². The van der Waals surface area contributed by atoms with E-state index in [2.05, 4.69) is 25.1 Å². The fourth-order valence-electron chi connectivity index (χ4n) is 3.16. The van der Waals surface area contributed by atoms with E-state index < -0.39 is 0 Å². The summed E-state index contributed by atoms with van der Waals surface area (Å²) >= 11 is 7.49. The number of benzene rings is 1. The molecule has 3 heterocycles. The number of para-hydroxylation sites is 1. The Hall–Kier alpha value is -2.85. The summed E-state index contributed by atoms with van der Waals surface area (Å²) in [7, 11) is 1.86. The van der Waals surface area contributed by atoms with Crippen molar-refractivity contribution >= 4 is 35.1 Å². The topological polar surface area (TPSA) is 89.3 Å². The summed E-state index contributed by atoms with van der Waals surface area (Å²) in [6.45, 7) is 3.04. The van der Waals surface area contributed by atoms with Crippen molar-refractivity contribution in [2.45, 2.75) is 11.8 Å². The van der Waals surface area contributed by atoms with Crippen LogP contribution >= 0.6 is 23.4 Å². The smallest absolute Gasteiger partial charge is 0.233 e. The molecule has 1 aromatic carbocycles. The molecule has 1 aliphatic rings. The van der Waals surface area contributed by atoms with Gasteiger partial charge in [0, 0.05) is 45.6 Å². The number of halogens is 1. The van der Waals surface area contributed by atoms with Gasteiger partial charge >= 0.3 is 0 Å². The predicted molar refractivity (Wildman–Crippen MR) is 118 cm³/mol. The number of carbonyl (C=O) groups is 1. The highest BCUT2D eigenvalue weighted by Crippen LogP contribution is 2.24. The summed E-state index contributed by atoms with van der Waals surface area (Å²) in [6, 6.07) is 7.28. The second-order valence-electron chi connectivity index (χ2n) is 6.90. The molecule has 1 aliphatic heterocycles. The Morgan fingerprint density at radius 2 is 1.97 bits per heavy atom. The van der Waals surface area contributed by atoms with E-state index in [9.17, 15) is 4.79 Å². The van der Waals surface area contributed by atoms with Crippen LogP contribution in [0, 0.1) is 0 Å². The zero-order valence-electron chi connectivity index (χ0n) is 17.0. The lowest BCUT2D eigenvalue weighted by atomic mass is 10.3. The number of thioether (sulfide) groups is 1. The molecule has 1 saturated heterocycles. The van der Waals surface area contributed by atoms with Gasteiger partial charge < -0.3 is 19.1 Å². The molecule has 2 aromatic heterocycles. The van der Waals surface area contributed by atoms with Gasteiger partial charge in [0.05, 0.1) is 17.0 Å². The Morgan fingerprint density at radius 3 is 2.71 bits per heavy atom. The van der Waals surface area contributed by atoms with Crippen molar-refractivity contribution in [1.29, 1.82) is 0 Å². The number of ether oxygens (including phenoxy) is 1. The predicted octanol–water partition coefficient (Wildman–Crippen LogP) is 2.28. The summed E-state index contributed by atoms with van der Waals surface area (Å²) < 4.78 is 7.56. The van der Waals surface area contributed by atoms with Crippen molar-refractivity contribution < 1.29 is 9.53 Å². The van der Waals surface area contributed by atoms with E-state index >= 15 is 0 Å². The molecule has 3 aromatic rings. The van der Waals surface area contributed by atoms with E-state index in [0.717, 1.165) is 18.9 Å². The lowest BCUT2D eigenvalue weighted by molar-refractivity contribution is -0.128. The second kappa shape index (κ2) is 9.97. The third-order valence-corrected chi connectivity index (χ3v) is 6.27. The maximum absolute atomic E-state index is 12.6. The van der Waals surface area contributed by atoms with Crippen LogP contribution < -0.4 is 9.64 Å². The Kier molecular flexibility index (Phi) is 6.88. The van der Waals surface area contributed by atoms with Gasteiger partial charge in [0.1, 0.15) is 18.2 Å². The Morgan fingerprint density at radius 1 is 1.16 bits per heavy atom. The molecule has 0 aliphatic carbocycles. The van der Waals surface area contributed by atoms with Gasteiger partial charge in [-0.05, 0) is 12.1 Å². The molecule has 162 valence electrons. The van der Waals surface area contributed by atoms with Crippen molar-refractivity contribution in [2.75, 3.05) is 36.8 Å². The molecule has 31 heavy (non-hydrogen) atoms. The minimum atomic E-state index is 0.0839. The Bertz CT molecular complexity index is 1030. The van der Waals surface area contributed by atoms with Gasteiger partial charge in [-0.1, -0.05) is 35.5 Å². The molecule has 0 atom stereocenters. The molecular weight excluding hydrogens is 438 g/mol. The monoisotopic (exact) mass is 459 g/mol. The standard InChI is InChI=1S/C20H22ClN7O2S/c1-26-18(13-30-16-5-3-2-4-15(16)21)24-25-20(26)31-14-19(29)28-10-8-27(9-11-28)17-12-22-6-7-23-17/h2-7,12H,8-11,13-14H2,1H3. The molecule has 0 saturated carbocycles. The summed E-state index contributed by atoms with van der Waals surface area (Å²) in [6.07, 6.45) is 5.08. The van der Waals surface area contributed by atoms with E-state index in [4.69, 9.17) is 16.3 Å². The number of rotatable bonds is 7. The molecule has 0 bridgehead atoms. The fraction of sp³-hybridized carbons (Fsp3) is 0.350. The Labute approximate surface area is 189 Å². The van der Waals surface area contributed by atoms with Gasteiger partial charge in [-0.15, -0.1) is 10.2 Å². The molecule has 0 spiro atoms. The highest BCUT2D eigenvalue weighted by Gasteiger charge is 2.22. The van der Waals surface area contributed by atoms with E-state index in [-0.39, 0.29) is 12.5 Å².